The number of nitrogens with zero attached hydrogens (tertiary/aromatic N) is 1. The molecule has 3 heteroatoms. The second-order valence-electron chi connectivity index (χ2n) is 7.22. The average molecular weight is 396 g/mol. The summed E-state index contributed by atoms with van der Waals surface area (Å²) in [7, 11) is 0. The zero-order chi connectivity index (χ0) is 17.2. The first kappa shape index (κ1) is 16.6. The highest BCUT2D eigenvalue weighted by atomic mass is 79.9. The second kappa shape index (κ2) is 7.17. The molecule has 3 atom stereocenters. The molecule has 0 N–H and O–H groups in total. The van der Waals surface area contributed by atoms with Crippen LogP contribution in [0.1, 0.15) is 28.8 Å². The van der Waals surface area contributed by atoms with Crippen LogP contribution in [-0.2, 0) is 6.54 Å². The van der Waals surface area contributed by atoms with Crippen molar-refractivity contribution >= 4 is 21.8 Å². The first-order valence-corrected chi connectivity index (χ1v) is 9.75. The van der Waals surface area contributed by atoms with Crippen LogP contribution in [0, 0.1) is 17.8 Å². The lowest BCUT2D eigenvalue weighted by atomic mass is 9.92. The lowest BCUT2D eigenvalue weighted by Crippen LogP contribution is -2.36. The zero-order valence-corrected chi connectivity index (χ0v) is 15.7. The Kier molecular flexibility index (Phi) is 4.76. The topological polar surface area (TPSA) is 20.3 Å². The number of amides is 1. The quantitative estimate of drug-likeness (QED) is 0.628. The van der Waals surface area contributed by atoms with Gasteiger partial charge < -0.3 is 4.90 Å². The molecule has 0 spiro atoms. The maximum Gasteiger partial charge on any atom is 0.254 e. The molecule has 2 aromatic rings. The Morgan fingerprint density at radius 1 is 1.00 bits per heavy atom. The lowest BCUT2D eigenvalue weighted by molar-refractivity contribution is 0.0704. The Labute approximate surface area is 157 Å². The van der Waals surface area contributed by atoms with Crippen LogP contribution in [0.5, 0.6) is 0 Å². The molecule has 4 rings (SSSR count). The van der Waals surface area contributed by atoms with Crippen molar-refractivity contribution in [2.24, 2.45) is 17.8 Å². The Morgan fingerprint density at radius 3 is 2.40 bits per heavy atom. The van der Waals surface area contributed by atoms with Gasteiger partial charge in [0.2, 0.25) is 0 Å². The Morgan fingerprint density at radius 2 is 1.76 bits per heavy atom. The van der Waals surface area contributed by atoms with Crippen LogP contribution in [0.2, 0.25) is 0 Å². The number of hydrogen-bond donors (Lipinski definition) is 0. The molecule has 1 saturated carbocycles. The van der Waals surface area contributed by atoms with Gasteiger partial charge in [-0.15, -0.1) is 0 Å². The zero-order valence-electron chi connectivity index (χ0n) is 14.1. The molecule has 128 valence electrons. The van der Waals surface area contributed by atoms with Crippen LogP contribution in [-0.4, -0.2) is 17.4 Å². The van der Waals surface area contributed by atoms with E-state index in [0.29, 0.717) is 18.4 Å². The Bertz CT molecular complexity index is 768. The summed E-state index contributed by atoms with van der Waals surface area (Å²) in [4.78, 5) is 15.2. The van der Waals surface area contributed by atoms with Gasteiger partial charge in [-0.2, -0.15) is 0 Å². The van der Waals surface area contributed by atoms with Gasteiger partial charge in [-0.05, 0) is 60.4 Å². The number of allylic oxidation sites excluding steroid dienone is 2. The third-order valence-electron chi connectivity index (χ3n) is 5.47. The van der Waals surface area contributed by atoms with Gasteiger partial charge in [-0.1, -0.05) is 58.4 Å². The van der Waals surface area contributed by atoms with E-state index in [1.165, 1.54) is 18.4 Å². The number of hydrogen-bond acceptors (Lipinski definition) is 1. The van der Waals surface area contributed by atoms with Crippen LogP contribution in [0.25, 0.3) is 0 Å². The first-order chi connectivity index (χ1) is 12.2. The predicted molar refractivity (Wildman–Crippen MR) is 104 cm³/mol. The van der Waals surface area contributed by atoms with Gasteiger partial charge in [0.05, 0.1) is 0 Å². The number of halogens is 1. The van der Waals surface area contributed by atoms with E-state index in [2.05, 4.69) is 40.2 Å². The van der Waals surface area contributed by atoms with Gasteiger partial charge in [0.25, 0.3) is 5.91 Å². The van der Waals surface area contributed by atoms with Gasteiger partial charge in [0.1, 0.15) is 0 Å². The molecule has 2 nitrogen and oxygen atoms in total. The van der Waals surface area contributed by atoms with Crippen molar-refractivity contribution in [3.8, 4) is 0 Å². The molecule has 3 unspecified atom stereocenters. The summed E-state index contributed by atoms with van der Waals surface area (Å²) in [6.07, 6.45) is 7.22. The summed E-state index contributed by atoms with van der Waals surface area (Å²) in [6.45, 7) is 1.52. The summed E-state index contributed by atoms with van der Waals surface area (Å²) < 4.78 is 0.997. The third-order valence-corrected chi connectivity index (χ3v) is 5.99. The Balaban J connectivity index is 1.55. The molecule has 2 aliphatic rings. The van der Waals surface area contributed by atoms with Crippen molar-refractivity contribution in [1.82, 2.24) is 4.90 Å². The van der Waals surface area contributed by atoms with Gasteiger partial charge in [0, 0.05) is 23.1 Å². The fourth-order valence-corrected chi connectivity index (χ4v) is 4.45. The van der Waals surface area contributed by atoms with Crippen molar-refractivity contribution < 1.29 is 4.79 Å². The molecule has 0 radical (unpaired) electrons. The highest BCUT2D eigenvalue weighted by molar-refractivity contribution is 9.10. The second-order valence-corrected chi connectivity index (χ2v) is 8.13. The molecule has 25 heavy (non-hydrogen) atoms. The molecule has 2 aromatic carbocycles. The monoisotopic (exact) mass is 395 g/mol. The first-order valence-electron chi connectivity index (χ1n) is 8.96. The predicted octanol–water partition coefficient (Wildman–Crippen LogP) is 5.30. The average Bonchev–Trinajstić information content (AvgIpc) is 3.25. The minimum atomic E-state index is 0.128. The van der Waals surface area contributed by atoms with E-state index in [1.807, 2.05) is 47.4 Å². The van der Waals surface area contributed by atoms with Gasteiger partial charge >= 0.3 is 0 Å². The molecular weight excluding hydrogens is 374 g/mol. The molecular formula is C22H22BrNO. The van der Waals surface area contributed by atoms with Crippen LogP contribution in [0.4, 0.5) is 0 Å². The molecule has 2 aliphatic carbocycles. The van der Waals surface area contributed by atoms with Crippen LogP contribution in [0.15, 0.2) is 71.2 Å². The van der Waals surface area contributed by atoms with E-state index in [0.717, 1.165) is 22.5 Å². The van der Waals surface area contributed by atoms with Gasteiger partial charge in [0.15, 0.2) is 0 Å². The summed E-state index contributed by atoms with van der Waals surface area (Å²) in [6, 6.07) is 18.0. The fourth-order valence-electron chi connectivity index (χ4n) is 4.19. The molecule has 0 aromatic heterocycles. The highest BCUT2D eigenvalue weighted by Crippen LogP contribution is 2.43. The van der Waals surface area contributed by atoms with Crippen LogP contribution >= 0.6 is 15.9 Å². The molecule has 0 heterocycles. The van der Waals surface area contributed by atoms with E-state index in [1.54, 1.807) is 0 Å². The maximum atomic E-state index is 13.1. The number of carbonyl (C=O) groups excluding carboxylic acids is 1. The summed E-state index contributed by atoms with van der Waals surface area (Å²) >= 11 is 3.45. The molecule has 1 fully saturated rings. The largest absolute Gasteiger partial charge is 0.334 e. The third kappa shape index (κ3) is 3.72. The minimum absolute atomic E-state index is 0.128. The van der Waals surface area contributed by atoms with Gasteiger partial charge in [-0.3, -0.25) is 4.79 Å². The minimum Gasteiger partial charge on any atom is -0.334 e. The van der Waals surface area contributed by atoms with Gasteiger partial charge in [-0.25, -0.2) is 0 Å². The van der Waals surface area contributed by atoms with Crippen molar-refractivity contribution in [2.75, 3.05) is 6.54 Å². The summed E-state index contributed by atoms with van der Waals surface area (Å²) in [5.41, 5.74) is 1.95. The van der Waals surface area contributed by atoms with Crippen LogP contribution in [0.3, 0.4) is 0 Å². The SMILES string of the molecule is O=C(c1ccc(Br)cc1)N(Cc1ccccc1)CC1CC2C=CC1C2. The van der Waals surface area contributed by atoms with Crippen molar-refractivity contribution in [3.63, 3.8) is 0 Å². The molecule has 1 amide bonds. The fraction of sp³-hybridized carbons (Fsp3) is 0.318. The smallest absolute Gasteiger partial charge is 0.254 e. The van der Waals surface area contributed by atoms with Crippen molar-refractivity contribution in [1.29, 1.82) is 0 Å². The van der Waals surface area contributed by atoms with Crippen LogP contribution < -0.4 is 0 Å². The number of carbonyl (C=O) groups is 1. The van der Waals surface area contributed by atoms with E-state index in [4.69, 9.17) is 0 Å². The molecule has 2 bridgehead atoms. The van der Waals surface area contributed by atoms with E-state index >= 15 is 0 Å². The maximum absolute atomic E-state index is 13.1. The van der Waals surface area contributed by atoms with E-state index in [-0.39, 0.29) is 5.91 Å². The summed E-state index contributed by atoms with van der Waals surface area (Å²) in [5, 5.41) is 0. The Hall–Kier alpha value is -1.87. The molecule has 0 aliphatic heterocycles. The standard InChI is InChI=1S/C22H22BrNO/c23-21-10-8-18(9-11-21)22(25)24(14-16-4-2-1-3-5-16)15-20-13-17-6-7-19(20)12-17/h1-11,17,19-20H,12-15H2. The highest BCUT2D eigenvalue weighted by Gasteiger charge is 2.37. The van der Waals surface area contributed by atoms with E-state index < -0.39 is 0 Å². The number of benzene rings is 2. The number of fused-ring (bicyclic) bond motifs is 2. The molecule has 0 saturated heterocycles. The van der Waals surface area contributed by atoms with Crippen molar-refractivity contribution in [3.05, 3.63) is 82.3 Å². The lowest BCUT2D eigenvalue weighted by Gasteiger charge is -2.29. The number of rotatable bonds is 5. The van der Waals surface area contributed by atoms with Crippen molar-refractivity contribution in [2.45, 2.75) is 19.4 Å². The summed E-state index contributed by atoms with van der Waals surface area (Å²) in [5.74, 6) is 2.11. The van der Waals surface area contributed by atoms with E-state index in [9.17, 15) is 4.79 Å². The normalized spacial score (nSPS) is 23.8.